The molecule has 4 nitrogen and oxygen atoms in total. The van der Waals surface area contributed by atoms with E-state index >= 15 is 0 Å². The first kappa shape index (κ1) is 14.8. The summed E-state index contributed by atoms with van der Waals surface area (Å²) in [5, 5.41) is -1.22. The first-order valence-electron chi connectivity index (χ1n) is 6.49. The summed E-state index contributed by atoms with van der Waals surface area (Å²) >= 11 is -2.22. The molecule has 0 radical (unpaired) electrons. The van der Waals surface area contributed by atoms with Crippen LogP contribution in [0.3, 0.4) is 0 Å². The molecule has 1 rings (SSSR count). The van der Waals surface area contributed by atoms with Gasteiger partial charge in [-0.3, -0.25) is 4.79 Å². The first-order chi connectivity index (χ1) is 8.11. The third-order valence-electron chi connectivity index (χ3n) is 3.54. The van der Waals surface area contributed by atoms with E-state index in [1.807, 2.05) is 0 Å². The summed E-state index contributed by atoms with van der Waals surface area (Å²) in [5.41, 5.74) is 5.27. The van der Waals surface area contributed by atoms with Crippen molar-refractivity contribution < 1.29 is 13.6 Å². The second-order valence-electron chi connectivity index (χ2n) is 4.91. The average Bonchev–Trinajstić information content (AvgIpc) is 2.80. The van der Waals surface area contributed by atoms with Gasteiger partial charge >= 0.3 is 0 Å². The van der Waals surface area contributed by atoms with Crippen LogP contribution in [0.5, 0.6) is 0 Å². The normalized spacial score (nSPS) is 20.4. The lowest BCUT2D eigenvalue weighted by molar-refractivity contribution is -0.118. The van der Waals surface area contributed by atoms with Crippen LogP contribution in [0.1, 0.15) is 57.8 Å². The van der Waals surface area contributed by atoms with Crippen molar-refractivity contribution in [3.8, 4) is 0 Å². The van der Waals surface area contributed by atoms with E-state index in [1.165, 1.54) is 32.1 Å². The molecule has 0 aromatic carbocycles. The number of Topliss-reactive ketones (excluding diaryl/α,β-unsaturated/α-hetero) is 1. The largest absolute Gasteiger partial charge is 0.309 e. The molecule has 0 heterocycles. The molecule has 3 N–H and O–H groups in total. The minimum absolute atomic E-state index is 0.299. The van der Waals surface area contributed by atoms with E-state index in [4.69, 9.17) is 10.3 Å². The Morgan fingerprint density at radius 2 is 1.94 bits per heavy atom. The van der Waals surface area contributed by atoms with Gasteiger partial charge in [-0.2, -0.15) is 0 Å². The molecule has 5 heteroatoms. The van der Waals surface area contributed by atoms with Gasteiger partial charge in [0.2, 0.25) is 0 Å². The molecule has 1 aliphatic rings. The molecule has 0 bridgehead atoms. The molecule has 0 amide bonds. The molecule has 1 aliphatic carbocycles. The lowest BCUT2D eigenvalue weighted by Gasteiger charge is -2.08. The summed E-state index contributed by atoms with van der Waals surface area (Å²) in [5.74, 6) is 0.601. The van der Waals surface area contributed by atoms with Crippen LogP contribution in [0.2, 0.25) is 0 Å². The Bertz CT molecular complexity index is 264. The Morgan fingerprint density at radius 3 is 2.53 bits per heavy atom. The van der Waals surface area contributed by atoms with Crippen LogP contribution in [0.15, 0.2) is 0 Å². The van der Waals surface area contributed by atoms with E-state index in [2.05, 4.69) is 0 Å². The van der Waals surface area contributed by atoms with E-state index in [1.54, 1.807) is 0 Å². The van der Waals surface area contributed by atoms with Gasteiger partial charge in [-0.05, 0) is 12.3 Å². The lowest BCUT2D eigenvalue weighted by Crippen LogP contribution is -2.34. The van der Waals surface area contributed by atoms with Crippen LogP contribution in [0.25, 0.3) is 0 Å². The molecular formula is C12H23NO3S. The molecule has 2 atom stereocenters. The first-order valence-corrected chi connectivity index (χ1v) is 7.66. The standard InChI is InChI=1S/C12H23NO3S/c13-12(17(15)16)11(14)9-3-1-2-6-10-7-4-5-8-10/h10,12H,1-9,13H2,(H,15,16). The summed E-state index contributed by atoms with van der Waals surface area (Å²) in [7, 11) is 0. The summed E-state index contributed by atoms with van der Waals surface area (Å²) in [6, 6.07) is 0. The highest BCUT2D eigenvalue weighted by molar-refractivity contribution is 7.80. The van der Waals surface area contributed by atoms with Crippen molar-refractivity contribution in [2.45, 2.75) is 63.2 Å². The maximum Gasteiger partial charge on any atom is 0.178 e. The molecule has 100 valence electrons. The van der Waals surface area contributed by atoms with Crippen molar-refractivity contribution in [2.75, 3.05) is 0 Å². The maximum absolute atomic E-state index is 11.3. The molecule has 0 aromatic rings. The fraction of sp³-hybridized carbons (Fsp3) is 0.917. The zero-order chi connectivity index (χ0) is 12.7. The second-order valence-corrected chi connectivity index (χ2v) is 5.97. The smallest absolute Gasteiger partial charge is 0.178 e. The number of hydrogen-bond acceptors (Lipinski definition) is 3. The van der Waals surface area contributed by atoms with Gasteiger partial charge in [0, 0.05) is 6.42 Å². The van der Waals surface area contributed by atoms with E-state index in [0.717, 1.165) is 25.2 Å². The summed E-state index contributed by atoms with van der Waals surface area (Å²) in [4.78, 5) is 11.3. The highest BCUT2D eigenvalue weighted by atomic mass is 32.2. The molecular weight excluding hydrogens is 238 g/mol. The Labute approximate surface area is 106 Å². The number of carbonyl (C=O) groups excluding carboxylic acids is 1. The van der Waals surface area contributed by atoms with Crippen LogP contribution < -0.4 is 5.73 Å². The zero-order valence-corrected chi connectivity index (χ0v) is 11.1. The fourth-order valence-corrected chi connectivity index (χ4v) is 2.81. The van der Waals surface area contributed by atoms with Gasteiger partial charge in [-0.1, -0.05) is 44.9 Å². The highest BCUT2D eigenvalue weighted by Gasteiger charge is 2.18. The van der Waals surface area contributed by atoms with Gasteiger partial charge < -0.3 is 10.3 Å². The van der Waals surface area contributed by atoms with Crippen molar-refractivity contribution in [1.29, 1.82) is 0 Å². The number of nitrogens with two attached hydrogens (primary N) is 1. The molecule has 1 saturated carbocycles. The Kier molecular flexibility index (Phi) is 6.92. The zero-order valence-electron chi connectivity index (χ0n) is 10.3. The molecule has 17 heavy (non-hydrogen) atoms. The summed E-state index contributed by atoms with van der Waals surface area (Å²) in [6.45, 7) is 0. The van der Waals surface area contributed by atoms with Crippen LogP contribution in [-0.2, 0) is 15.9 Å². The highest BCUT2D eigenvalue weighted by Crippen LogP contribution is 2.29. The van der Waals surface area contributed by atoms with E-state index < -0.39 is 16.5 Å². The number of ketones is 1. The van der Waals surface area contributed by atoms with Crippen LogP contribution in [-0.4, -0.2) is 19.9 Å². The van der Waals surface area contributed by atoms with Gasteiger partial charge in [0.05, 0.1) is 0 Å². The van der Waals surface area contributed by atoms with Gasteiger partial charge in [-0.25, -0.2) is 4.21 Å². The average molecular weight is 261 g/mol. The summed E-state index contributed by atoms with van der Waals surface area (Å²) in [6.07, 6.45) is 10.1. The van der Waals surface area contributed by atoms with Crippen molar-refractivity contribution in [1.82, 2.24) is 0 Å². The predicted octanol–water partition coefficient (Wildman–Crippen LogP) is 2.20. The van der Waals surface area contributed by atoms with Crippen molar-refractivity contribution in [3.05, 3.63) is 0 Å². The van der Waals surface area contributed by atoms with Crippen molar-refractivity contribution in [2.24, 2.45) is 11.7 Å². The van der Waals surface area contributed by atoms with Crippen molar-refractivity contribution >= 4 is 16.9 Å². The van der Waals surface area contributed by atoms with E-state index in [0.29, 0.717) is 6.42 Å². The third-order valence-corrected chi connectivity index (χ3v) is 4.24. The van der Waals surface area contributed by atoms with Crippen LogP contribution >= 0.6 is 0 Å². The Morgan fingerprint density at radius 1 is 1.29 bits per heavy atom. The molecule has 2 unspecified atom stereocenters. The van der Waals surface area contributed by atoms with E-state index in [9.17, 15) is 9.00 Å². The van der Waals surface area contributed by atoms with Gasteiger partial charge in [-0.15, -0.1) is 0 Å². The Balaban J connectivity index is 1.99. The van der Waals surface area contributed by atoms with Gasteiger partial charge in [0.15, 0.2) is 22.2 Å². The predicted molar refractivity (Wildman–Crippen MR) is 68.8 cm³/mol. The SMILES string of the molecule is NC(C(=O)CCCCCC1CCCC1)S(=O)O. The molecule has 0 spiro atoms. The van der Waals surface area contributed by atoms with Gasteiger partial charge in [0.25, 0.3) is 0 Å². The number of unbranched alkanes of at least 4 members (excludes halogenated alkanes) is 2. The van der Waals surface area contributed by atoms with Crippen LogP contribution in [0, 0.1) is 5.92 Å². The quantitative estimate of drug-likeness (QED) is 0.518. The van der Waals surface area contributed by atoms with Crippen LogP contribution in [0.4, 0.5) is 0 Å². The number of hydrogen-bond donors (Lipinski definition) is 2. The van der Waals surface area contributed by atoms with Gasteiger partial charge in [0.1, 0.15) is 0 Å². The Hall–Kier alpha value is -0.260. The monoisotopic (exact) mass is 261 g/mol. The maximum atomic E-state index is 11.3. The second kappa shape index (κ2) is 7.95. The molecule has 1 fully saturated rings. The fourth-order valence-electron chi connectivity index (χ4n) is 2.46. The number of carbonyl (C=O) groups is 1. The topological polar surface area (TPSA) is 80.4 Å². The third kappa shape index (κ3) is 5.75. The molecule has 0 saturated heterocycles. The molecule has 0 aliphatic heterocycles. The lowest BCUT2D eigenvalue weighted by atomic mass is 9.99. The van der Waals surface area contributed by atoms with E-state index in [-0.39, 0.29) is 5.78 Å². The van der Waals surface area contributed by atoms with Crippen molar-refractivity contribution in [3.63, 3.8) is 0 Å². The minimum Gasteiger partial charge on any atom is -0.309 e. The number of rotatable bonds is 8. The summed E-state index contributed by atoms with van der Waals surface area (Å²) < 4.78 is 19.2. The molecule has 0 aromatic heterocycles. The minimum atomic E-state index is -2.22.